The van der Waals surface area contributed by atoms with Crippen LogP contribution in [0.2, 0.25) is 5.02 Å². The van der Waals surface area contributed by atoms with E-state index in [1.807, 2.05) is 18.0 Å². The summed E-state index contributed by atoms with van der Waals surface area (Å²) in [5.41, 5.74) is 6.41. The lowest BCUT2D eigenvalue weighted by molar-refractivity contribution is 0.0559. The number of nitrogen functional groups attached to an aromatic ring is 1. The zero-order chi connectivity index (χ0) is 14.0. The minimum absolute atomic E-state index is 0.0113. The summed E-state index contributed by atoms with van der Waals surface area (Å²) in [4.78, 5) is 1.96. The summed E-state index contributed by atoms with van der Waals surface area (Å²) in [5, 5.41) is 18.6. The third-order valence-corrected chi connectivity index (χ3v) is 3.96. The number of aliphatic hydroxyl groups is 1. The Hall–Kier alpha value is -1.26. The zero-order valence-corrected chi connectivity index (χ0v) is 11.9. The Morgan fingerprint density at radius 1 is 1.47 bits per heavy atom. The fraction of sp³-hybridized carbons (Fsp3) is 0.500. The van der Waals surface area contributed by atoms with Crippen molar-refractivity contribution in [1.29, 1.82) is 5.41 Å². The molecule has 0 atom stereocenters. The molecule has 0 radical (unpaired) electrons. The van der Waals surface area contributed by atoms with Crippen LogP contribution >= 0.6 is 11.6 Å². The van der Waals surface area contributed by atoms with E-state index in [2.05, 4.69) is 0 Å². The number of likely N-dealkylation sites (N-methyl/N-ethyl adjacent to an activating group) is 1. The Balaban J connectivity index is 2.23. The van der Waals surface area contributed by atoms with E-state index in [1.165, 1.54) is 0 Å². The SMILES string of the molecule is CN(CC1(O)CCCC1)c1ccc(Cl)cc1C(=N)N. The molecule has 5 heteroatoms. The number of hydrogen-bond acceptors (Lipinski definition) is 3. The predicted octanol–water partition coefficient (Wildman–Crippen LogP) is 2.37. The van der Waals surface area contributed by atoms with Gasteiger partial charge in [-0.3, -0.25) is 5.41 Å². The molecular formula is C14H20ClN3O. The van der Waals surface area contributed by atoms with Gasteiger partial charge in [-0.15, -0.1) is 0 Å². The van der Waals surface area contributed by atoms with Crippen LogP contribution in [0, 0.1) is 5.41 Å². The van der Waals surface area contributed by atoms with Crippen molar-refractivity contribution in [3.63, 3.8) is 0 Å². The van der Waals surface area contributed by atoms with Crippen molar-refractivity contribution in [2.24, 2.45) is 5.73 Å². The van der Waals surface area contributed by atoms with Gasteiger partial charge in [-0.25, -0.2) is 0 Å². The van der Waals surface area contributed by atoms with Crippen molar-refractivity contribution in [3.05, 3.63) is 28.8 Å². The highest BCUT2D eigenvalue weighted by molar-refractivity contribution is 6.31. The smallest absolute Gasteiger partial charge is 0.124 e. The highest BCUT2D eigenvalue weighted by atomic mass is 35.5. The maximum atomic E-state index is 10.5. The van der Waals surface area contributed by atoms with Crippen molar-refractivity contribution in [2.75, 3.05) is 18.5 Å². The first-order valence-corrected chi connectivity index (χ1v) is 6.86. The molecule has 4 nitrogen and oxygen atoms in total. The minimum Gasteiger partial charge on any atom is -0.388 e. The molecule has 0 bridgehead atoms. The van der Waals surface area contributed by atoms with Gasteiger partial charge in [-0.2, -0.15) is 0 Å². The van der Waals surface area contributed by atoms with Gasteiger partial charge in [0.05, 0.1) is 5.60 Å². The van der Waals surface area contributed by atoms with Crippen LogP contribution in [0.15, 0.2) is 18.2 Å². The van der Waals surface area contributed by atoms with Crippen LogP contribution in [0.5, 0.6) is 0 Å². The number of benzene rings is 1. The fourth-order valence-corrected chi connectivity index (χ4v) is 2.95. The highest BCUT2D eigenvalue weighted by Gasteiger charge is 2.32. The quantitative estimate of drug-likeness (QED) is 0.586. The lowest BCUT2D eigenvalue weighted by Crippen LogP contribution is -2.39. The molecule has 1 aliphatic carbocycles. The molecule has 4 N–H and O–H groups in total. The predicted molar refractivity (Wildman–Crippen MR) is 79.2 cm³/mol. The van der Waals surface area contributed by atoms with Gasteiger partial charge in [0.2, 0.25) is 0 Å². The van der Waals surface area contributed by atoms with Crippen LogP contribution in [-0.4, -0.2) is 30.1 Å². The van der Waals surface area contributed by atoms with Crippen molar-refractivity contribution >= 4 is 23.1 Å². The molecule has 1 fully saturated rings. The summed E-state index contributed by atoms with van der Waals surface area (Å²) in [6, 6.07) is 5.31. The van der Waals surface area contributed by atoms with Gasteiger partial charge in [-0.1, -0.05) is 24.4 Å². The van der Waals surface area contributed by atoms with E-state index in [4.69, 9.17) is 22.7 Å². The van der Waals surface area contributed by atoms with Crippen LogP contribution < -0.4 is 10.6 Å². The number of anilines is 1. The summed E-state index contributed by atoms with van der Waals surface area (Å²) >= 11 is 5.94. The molecule has 0 aliphatic heterocycles. The lowest BCUT2D eigenvalue weighted by atomic mass is 10.0. The first-order valence-electron chi connectivity index (χ1n) is 6.49. The van der Waals surface area contributed by atoms with Gasteiger partial charge >= 0.3 is 0 Å². The largest absolute Gasteiger partial charge is 0.388 e. The monoisotopic (exact) mass is 281 g/mol. The van der Waals surface area contributed by atoms with Crippen LogP contribution in [0.1, 0.15) is 31.2 Å². The van der Waals surface area contributed by atoms with Gasteiger partial charge < -0.3 is 15.7 Å². The third kappa shape index (κ3) is 3.19. The maximum absolute atomic E-state index is 10.5. The number of hydrogen-bond donors (Lipinski definition) is 3. The van der Waals surface area contributed by atoms with Crippen LogP contribution in [0.3, 0.4) is 0 Å². The van der Waals surface area contributed by atoms with Gasteiger partial charge in [0, 0.05) is 29.9 Å². The van der Waals surface area contributed by atoms with Gasteiger partial charge in [-0.05, 0) is 31.0 Å². The Bertz CT molecular complexity index is 484. The van der Waals surface area contributed by atoms with Crippen LogP contribution in [0.25, 0.3) is 0 Å². The highest BCUT2D eigenvalue weighted by Crippen LogP contribution is 2.32. The van der Waals surface area contributed by atoms with E-state index in [1.54, 1.807) is 12.1 Å². The van der Waals surface area contributed by atoms with E-state index in [0.717, 1.165) is 31.4 Å². The second-order valence-corrected chi connectivity index (χ2v) is 5.80. The molecule has 2 rings (SSSR count). The average Bonchev–Trinajstić information content (AvgIpc) is 2.75. The molecular weight excluding hydrogens is 262 g/mol. The Morgan fingerprint density at radius 2 is 2.11 bits per heavy atom. The number of rotatable bonds is 4. The van der Waals surface area contributed by atoms with E-state index in [9.17, 15) is 5.11 Å². The molecule has 0 saturated heterocycles. The second-order valence-electron chi connectivity index (χ2n) is 5.36. The Kier molecular flexibility index (Phi) is 4.02. The van der Waals surface area contributed by atoms with Gasteiger partial charge in [0.25, 0.3) is 0 Å². The van der Waals surface area contributed by atoms with Crippen molar-refractivity contribution < 1.29 is 5.11 Å². The van der Waals surface area contributed by atoms with Crippen molar-refractivity contribution in [1.82, 2.24) is 0 Å². The normalized spacial score (nSPS) is 17.4. The minimum atomic E-state index is -0.623. The molecule has 0 amide bonds. The Labute approximate surface area is 118 Å². The molecule has 0 aromatic heterocycles. The Morgan fingerprint density at radius 3 is 2.68 bits per heavy atom. The zero-order valence-electron chi connectivity index (χ0n) is 11.1. The van der Waals surface area contributed by atoms with Gasteiger partial charge in [0.15, 0.2) is 0 Å². The molecule has 1 aromatic carbocycles. The third-order valence-electron chi connectivity index (χ3n) is 3.73. The number of nitrogens with zero attached hydrogens (tertiary/aromatic N) is 1. The summed E-state index contributed by atoms with van der Waals surface area (Å²) in [5.74, 6) is -0.0113. The molecule has 0 spiro atoms. The molecule has 0 unspecified atom stereocenters. The number of nitrogens with one attached hydrogen (secondary N) is 1. The average molecular weight is 282 g/mol. The lowest BCUT2D eigenvalue weighted by Gasteiger charge is -2.31. The summed E-state index contributed by atoms with van der Waals surface area (Å²) < 4.78 is 0. The fourth-order valence-electron chi connectivity index (χ4n) is 2.77. The number of nitrogens with two attached hydrogens (primary N) is 1. The summed E-state index contributed by atoms with van der Waals surface area (Å²) in [7, 11) is 1.91. The maximum Gasteiger partial charge on any atom is 0.124 e. The molecule has 1 aromatic rings. The van der Waals surface area contributed by atoms with Crippen LogP contribution in [0.4, 0.5) is 5.69 Å². The summed E-state index contributed by atoms with van der Waals surface area (Å²) in [6.07, 6.45) is 3.82. The molecule has 19 heavy (non-hydrogen) atoms. The number of amidine groups is 1. The van der Waals surface area contributed by atoms with Crippen LogP contribution in [-0.2, 0) is 0 Å². The van der Waals surface area contributed by atoms with E-state index in [-0.39, 0.29) is 5.84 Å². The van der Waals surface area contributed by atoms with Crippen molar-refractivity contribution in [3.8, 4) is 0 Å². The topological polar surface area (TPSA) is 73.3 Å². The second kappa shape index (κ2) is 5.39. The first-order chi connectivity index (χ1) is 8.91. The molecule has 1 aliphatic rings. The summed E-state index contributed by atoms with van der Waals surface area (Å²) in [6.45, 7) is 0.551. The van der Waals surface area contributed by atoms with E-state index >= 15 is 0 Å². The molecule has 1 saturated carbocycles. The number of halogens is 1. The van der Waals surface area contributed by atoms with Crippen molar-refractivity contribution in [2.45, 2.75) is 31.3 Å². The van der Waals surface area contributed by atoms with Gasteiger partial charge in [0.1, 0.15) is 5.84 Å². The molecule has 104 valence electrons. The standard InChI is InChI=1S/C14H20ClN3O/c1-18(9-14(19)6-2-3-7-14)12-5-4-10(15)8-11(12)13(16)17/h4-5,8,19H,2-3,6-7,9H2,1H3,(H3,16,17). The first kappa shape index (κ1) is 14.2. The van der Waals surface area contributed by atoms with E-state index in [0.29, 0.717) is 17.1 Å². The van der Waals surface area contributed by atoms with E-state index < -0.39 is 5.60 Å². The molecule has 0 heterocycles.